The first kappa shape index (κ1) is 13.0. The van der Waals surface area contributed by atoms with Crippen LogP contribution in [0.1, 0.15) is 34.6 Å². The summed E-state index contributed by atoms with van der Waals surface area (Å²) in [6.45, 7) is 3.80. The van der Waals surface area contributed by atoms with Gasteiger partial charge in [-0.15, -0.1) is 0 Å². The molecule has 98 valence electrons. The maximum Gasteiger partial charge on any atom is 0.341 e. The first-order valence-electron chi connectivity index (χ1n) is 5.87. The first-order valence-corrected chi connectivity index (χ1v) is 5.87. The fraction of sp³-hybridized carbons (Fsp3) is 0.214. The van der Waals surface area contributed by atoms with Gasteiger partial charge in [-0.2, -0.15) is 0 Å². The standard InChI is InChI=1S/C14H13NO4/c1-3-15-7-11(14(18)19)13(17)10-5-4-9(8(2)16)6-12(10)15/h4-7H,3H2,1-2H3,(H,18,19). The molecule has 1 N–H and O–H groups in total. The summed E-state index contributed by atoms with van der Waals surface area (Å²) >= 11 is 0. The van der Waals surface area contributed by atoms with E-state index in [0.29, 0.717) is 23.0 Å². The van der Waals surface area contributed by atoms with E-state index in [1.54, 1.807) is 10.6 Å². The Kier molecular flexibility index (Phi) is 3.21. The Labute approximate surface area is 109 Å². The van der Waals surface area contributed by atoms with E-state index >= 15 is 0 Å². The average molecular weight is 259 g/mol. The van der Waals surface area contributed by atoms with Crippen molar-refractivity contribution in [1.29, 1.82) is 0 Å². The van der Waals surface area contributed by atoms with Crippen molar-refractivity contribution in [2.75, 3.05) is 0 Å². The van der Waals surface area contributed by atoms with Crippen LogP contribution in [-0.2, 0) is 6.54 Å². The minimum Gasteiger partial charge on any atom is -0.477 e. The summed E-state index contributed by atoms with van der Waals surface area (Å²) in [4.78, 5) is 34.4. The minimum atomic E-state index is -1.25. The van der Waals surface area contributed by atoms with Gasteiger partial charge in [0.25, 0.3) is 0 Å². The lowest BCUT2D eigenvalue weighted by Gasteiger charge is -2.10. The molecule has 5 nitrogen and oxygen atoms in total. The molecule has 0 bridgehead atoms. The van der Waals surface area contributed by atoms with E-state index in [4.69, 9.17) is 5.11 Å². The van der Waals surface area contributed by atoms with Crippen molar-refractivity contribution < 1.29 is 14.7 Å². The van der Waals surface area contributed by atoms with Gasteiger partial charge in [0.1, 0.15) is 5.56 Å². The number of fused-ring (bicyclic) bond motifs is 1. The van der Waals surface area contributed by atoms with Crippen molar-refractivity contribution in [2.45, 2.75) is 20.4 Å². The Hall–Kier alpha value is -2.43. The van der Waals surface area contributed by atoms with Gasteiger partial charge in [0, 0.05) is 23.7 Å². The molecule has 5 heteroatoms. The molecular weight excluding hydrogens is 246 g/mol. The molecule has 0 aliphatic carbocycles. The zero-order valence-corrected chi connectivity index (χ0v) is 10.6. The van der Waals surface area contributed by atoms with Crippen molar-refractivity contribution in [2.24, 2.45) is 0 Å². The zero-order chi connectivity index (χ0) is 14.2. The van der Waals surface area contributed by atoms with Gasteiger partial charge in [-0.05, 0) is 26.0 Å². The number of aromatic nitrogens is 1. The van der Waals surface area contributed by atoms with Crippen molar-refractivity contribution >= 4 is 22.7 Å². The highest BCUT2D eigenvalue weighted by Crippen LogP contribution is 2.15. The van der Waals surface area contributed by atoms with Crippen LogP contribution in [0.25, 0.3) is 10.9 Å². The minimum absolute atomic E-state index is 0.0979. The van der Waals surface area contributed by atoms with Crippen LogP contribution in [0.15, 0.2) is 29.2 Å². The second-order valence-corrected chi connectivity index (χ2v) is 4.25. The Morgan fingerprint density at radius 2 is 2.00 bits per heavy atom. The number of benzene rings is 1. The SMILES string of the molecule is CCn1cc(C(=O)O)c(=O)c2ccc(C(C)=O)cc21. The molecule has 2 rings (SSSR count). The van der Waals surface area contributed by atoms with Crippen LogP contribution in [0.5, 0.6) is 0 Å². The molecule has 2 aromatic rings. The second kappa shape index (κ2) is 4.68. The van der Waals surface area contributed by atoms with E-state index in [9.17, 15) is 14.4 Å². The largest absolute Gasteiger partial charge is 0.477 e. The Bertz CT molecular complexity index is 743. The summed E-state index contributed by atoms with van der Waals surface area (Å²) in [6.07, 6.45) is 1.32. The predicted molar refractivity (Wildman–Crippen MR) is 70.8 cm³/mol. The van der Waals surface area contributed by atoms with Gasteiger partial charge in [0.05, 0.1) is 5.52 Å². The van der Waals surface area contributed by atoms with Gasteiger partial charge in [-0.3, -0.25) is 9.59 Å². The Morgan fingerprint density at radius 3 is 2.53 bits per heavy atom. The molecule has 0 saturated carbocycles. The molecule has 0 amide bonds. The molecule has 0 aliphatic rings. The molecule has 19 heavy (non-hydrogen) atoms. The summed E-state index contributed by atoms with van der Waals surface area (Å²) in [5.74, 6) is -1.34. The van der Waals surface area contributed by atoms with Gasteiger partial charge in [0.15, 0.2) is 5.78 Å². The van der Waals surface area contributed by atoms with Gasteiger partial charge in [-0.1, -0.05) is 6.07 Å². The molecule has 0 radical (unpaired) electrons. The highest BCUT2D eigenvalue weighted by Gasteiger charge is 2.14. The molecule has 0 fully saturated rings. The van der Waals surface area contributed by atoms with Gasteiger partial charge < -0.3 is 9.67 Å². The number of pyridine rings is 1. The monoisotopic (exact) mass is 259 g/mol. The smallest absolute Gasteiger partial charge is 0.341 e. The number of hydrogen-bond acceptors (Lipinski definition) is 3. The zero-order valence-electron chi connectivity index (χ0n) is 10.6. The van der Waals surface area contributed by atoms with Crippen LogP contribution in [0, 0.1) is 0 Å². The van der Waals surface area contributed by atoms with Crippen LogP contribution in [0.2, 0.25) is 0 Å². The number of aromatic carboxylic acids is 1. The summed E-state index contributed by atoms with van der Waals surface area (Å²) in [7, 11) is 0. The third kappa shape index (κ3) is 2.14. The number of carboxylic acids is 1. The first-order chi connectivity index (χ1) is 8.95. The quantitative estimate of drug-likeness (QED) is 0.854. The number of carbonyl (C=O) groups excluding carboxylic acids is 1. The number of Topliss-reactive ketones (excluding diaryl/α,β-unsaturated/α-hetero) is 1. The predicted octanol–water partition coefficient (Wildman–Crippen LogP) is 1.92. The molecule has 1 aromatic carbocycles. The highest BCUT2D eigenvalue weighted by atomic mass is 16.4. The van der Waals surface area contributed by atoms with Crippen LogP contribution in [0.4, 0.5) is 0 Å². The topological polar surface area (TPSA) is 76.4 Å². The maximum absolute atomic E-state index is 12.0. The van der Waals surface area contributed by atoms with Crippen LogP contribution < -0.4 is 5.43 Å². The number of ketones is 1. The average Bonchev–Trinajstić information content (AvgIpc) is 2.38. The number of carbonyl (C=O) groups is 2. The summed E-state index contributed by atoms with van der Waals surface area (Å²) in [5, 5.41) is 9.33. The van der Waals surface area contributed by atoms with E-state index in [-0.39, 0.29) is 11.3 Å². The van der Waals surface area contributed by atoms with Gasteiger partial charge in [-0.25, -0.2) is 4.79 Å². The normalized spacial score (nSPS) is 10.6. The van der Waals surface area contributed by atoms with E-state index in [0.717, 1.165) is 0 Å². The molecule has 0 saturated heterocycles. The van der Waals surface area contributed by atoms with Crippen molar-refractivity contribution in [3.8, 4) is 0 Å². The molecule has 0 spiro atoms. The summed E-state index contributed by atoms with van der Waals surface area (Å²) < 4.78 is 1.66. The highest BCUT2D eigenvalue weighted by molar-refractivity contribution is 5.99. The number of rotatable bonds is 3. The van der Waals surface area contributed by atoms with Crippen LogP contribution in [0.3, 0.4) is 0 Å². The van der Waals surface area contributed by atoms with Gasteiger partial charge in [0.2, 0.25) is 5.43 Å². The molecule has 0 aliphatic heterocycles. The number of nitrogens with zero attached hydrogens (tertiary/aromatic N) is 1. The summed E-state index contributed by atoms with van der Waals surface area (Å²) in [6, 6.07) is 4.67. The lowest BCUT2D eigenvalue weighted by Crippen LogP contribution is -2.18. The number of aryl methyl sites for hydroxylation is 1. The molecular formula is C14H13NO4. The second-order valence-electron chi connectivity index (χ2n) is 4.25. The molecule has 1 heterocycles. The van der Waals surface area contributed by atoms with Crippen LogP contribution in [-0.4, -0.2) is 21.4 Å². The van der Waals surface area contributed by atoms with E-state index in [1.807, 2.05) is 6.92 Å². The fourth-order valence-corrected chi connectivity index (χ4v) is 2.02. The lowest BCUT2D eigenvalue weighted by molar-refractivity contribution is 0.0694. The van der Waals surface area contributed by atoms with E-state index < -0.39 is 11.4 Å². The van der Waals surface area contributed by atoms with E-state index in [2.05, 4.69) is 0 Å². The third-order valence-corrected chi connectivity index (χ3v) is 3.06. The molecule has 0 atom stereocenters. The van der Waals surface area contributed by atoms with Gasteiger partial charge >= 0.3 is 5.97 Å². The van der Waals surface area contributed by atoms with Crippen molar-refractivity contribution in [3.63, 3.8) is 0 Å². The lowest BCUT2D eigenvalue weighted by atomic mass is 10.1. The number of carboxylic acid groups (broad SMARTS) is 1. The number of hydrogen-bond donors (Lipinski definition) is 1. The van der Waals surface area contributed by atoms with E-state index in [1.165, 1.54) is 25.3 Å². The Morgan fingerprint density at radius 1 is 1.32 bits per heavy atom. The molecule has 1 aromatic heterocycles. The summed E-state index contributed by atoms with van der Waals surface area (Å²) in [5.41, 5.74) is 0.287. The fourth-order valence-electron chi connectivity index (χ4n) is 2.02. The van der Waals surface area contributed by atoms with Crippen LogP contribution >= 0.6 is 0 Å². The third-order valence-electron chi connectivity index (χ3n) is 3.06. The molecule has 0 unspecified atom stereocenters. The van der Waals surface area contributed by atoms with Crippen molar-refractivity contribution in [1.82, 2.24) is 4.57 Å². The van der Waals surface area contributed by atoms with Crippen molar-refractivity contribution in [3.05, 3.63) is 45.7 Å². The maximum atomic E-state index is 12.0. The Balaban J connectivity index is 2.90.